The smallest absolute Gasteiger partial charge is 0.433 e. The van der Waals surface area contributed by atoms with Crippen LogP contribution in [0, 0.1) is 0 Å². The number of nitrogens with two attached hydrogens (primary N) is 1. The Kier molecular flexibility index (Phi) is 5.21. The van der Waals surface area contributed by atoms with Crippen molar-refractivity contribution in [3.8, 4) is 0 Å². The lowest BCUT2D eigenvalue weighted by molar-refractivity contribution is -0.113. The van der Waals surface area contributed by atoms with E-state index >= 15 is 0 Å². The van der Waals surface area contributed by atoms with Gasteiger partial charge in [0, 0.05) is 16.7 Å². The minimum absolute atomic E-state index is 0.0115. The zero-order valence-corrected chi connectivity index (χ0v) is 15.0. The Morgan fingerprint density at radius 2 is 1.57 bits per heavy atom. The van der Waals surface area contributed by atoms with Crippen molar-refractivity contribution in [2.24, 2.45) is 5.73 Å². The van der Waals surface area contributed by atoms with E-state index in [9.17, 15) is 19.2 Å². The lowest BCUT2D eigenvalue weighted by atomic mass is 9.90. The third kappa shape index (κ3) is 3.35. The number of nitrogens with one attached hydrogen (secondary N) is 1. The van der Waals surface area contributed by atoms with Crippen molar-refractivity contribution in [2.45, 2.75) is 6.92 Å². The van der Waals surface area contributed by atoms with Gasteiger partial charge in [-0.25, -0.2) is 4.79 Å². The van der Waals surface area contributed by atoms with Gasteiger partial charge in [0.1, 0.15) is 5.70 Å². The van der Waals surface area contributed by atoms with Crippen molar-refractivity contribution in [2.75, 3.05) is 6.61 Å². The maximum atomic E-state index is 12.7. The van der Waals surface area contributed by atoms with E-state index in [4.69, 9.17) is 10.5 Å². The summed E-state index contributed by atoms with van der Waals surface area (Å²) in [6.45, 7) is 1.55. The molecule has 1 aliphatic rings. The number of amides is 2. The lowest BCUT2D eigenvalue weighted by Gasteiger charge is -2.28. The molecule has 8 nitrogen and oxygen atoms in total. The Morgan fingerprint density at radius 3 is 2.21 bits per heavy atom. The predicted molar refractivity (Wildman–Crippen MR) is 99.7 cm³/mol. The monoisotopic (exact) mass is 379 g/mol. The van der Waals surface area contributed by atoms with E-state index in [1.54, 1.807) is 43.3 Å². The molecule has 0 radical (unpaired) electrons. The highest BCUT2D eigenvalue weighted by molar-refractivity contribution is 6.52. The standard InChI is InChI=1S/C20H17N3O5/c1-2-28-20(27)23(22-19(26)12-8-4-3-5-9-12)16-15(21)13-10-6-7-11-14(13)17(24)18(16)25/h3-11H,2,21H2,1H3,(H,22,26). The van der Waals surface area contributed by atoms with Gasteiger partial charge in [-0.2, -0.15) is 5.01 Å². The first-order chi connectivity index (χ1) is 13.5. The van der Waals surface area contributed by atoms with Crippen LogP contribution in [0.2, 0.25) is 0 Å². The van der Waals surface area contributed by atoms with E-state index in [1.807, 2.05) is 0 Å². The Morgan fingerprint density at radius 1 is 0.964 bits per heavy atom. The van der Waals surface area contributed by atoms with Crippen LogP contribution in [-0.4, -0.2) is 35.2 Å². The highest BCUT2D eigenvalue weighted by Gasteiger charge is 2.38. The van der Waals surface area contributed by atoms with Crippen LogP contribution in [0.15, 0.2) is 60.3 Å². The largest absolute Gasteiger partial charge is 0.448 e. The van der Waals surface area contributed by atoms with Gasteiger partial charge < -0.3 is 10.5 Å². The molecule has 0 unspecified atom stereocenters. The Hall–Kier alpha value is -3.94. The zero-order valence-electron chi connectivity index (χ0n) is 15.0. The van der Waals surface area contributed by atoms with E-state index in [1.165, 1.54) is 18.2 Å². The van der Waals surface area contributed by atoms with Gasteiger partial charge in [0.15, 0.2) is 0 Å². The van der Waals surface area contributed by atoms with Gasteiger partial charge in [-0.05, 0) is 19.1 Å². The second-order valence-electron chi connectivity index (χ2n) is 5.81. The highest BCUT2D eigenvalue weighted by Crippen LogP contribution is 2.28. The molecule has 0 saturated carbocycles. The SMILES string of the molecule is CCOC(=O)N(NC(=O)c1ccccc1)C1=C(N)c2ccccc2C(=O)C1=O. The van der Waals surface area contributed by atoms with Crippen molar-refractivity contribution in [1.82, 2.24) is 10.4 Å². The maximum Gasteiger partial charge on any atom is 0.433 e. The van der Waals surface area contributed by atoms with Crippen LogP contribution in [0.25, 0.3) is 5.70 Å². The summed E-state index contributed by atoms with van der Waals surface area (Å²) in [6, 6.07) is 14.3. The number of nitrogens with zero attached hydrogens (tertiary/aromatic N) is 1. The van der Waals surface area contributed by atoms with Gasteiger partial charge in [0.25, 0.3) is 11.7 Å². The number of carbonyl (C=O) groups excluding carboxylic acids is 4. The second-order valence-corrected chi connectivity index (χ2v) is 5.81. The number of ether oxygens (including phenoxy) is 1. The Bertz CT molecular complexity index is 998. The maximum absolute atomic E-state index is 12.7. The summed E-state index contributed by atoms with van der Waals surface area (Å²) < 4.78 is 4.93. The van der Waals surface area contributed by atoms with Gasteiger partial charge in [-0.1, -0.05) is 42.5 Å². The number of hydrazine groups is 1. The highest BCUT2D eigenvalue weighted by atomic mass is 16.6. The van der Waals surface area contributed by atoms with E-state index < -0.39 is 29.3 Å². The number of ketones is 2. The normalized spacial score (nSPS) is 13.0. The molecule has 2 aromatic carbocycles. The van der Waals surface area contributed by atoms with E-state index in [0.717, 1.165) is 0 Å². The molecule has 28 heavy (non-hydrogen) atoms. The predicted octanol–water partition coefficient (Wildman–Crippen LogP) is 1.88. The number of hydrogen-bond acceptors (Lipinski definition) is 6. The van der Waals surface area contributed by atoms with Crippen LogP contribution in [0.4, 0.5) is 4.79 Å². The number of hydrogen-bond donors (Lipinski definition) is 2. The Balaban J connectivity index is 2.07. The first-order valence-electron chi connectivity index (χ1n) is 8.46. The fourth-order valence-corrected chi connectivity index (χ4v) is 2.75. The Labute approximate surface area is 160 Å². The van der Waals surface area contributed by atoms with Crippen LogP contribution in [0.1, 0.15) is 33.2 Å². The third-order valence-corrected chi connectivity index (χ3v) is 4.06. The van der Waals surface area contributed by atoms with Crippen molar-refractivity contribution < 1.29 is 23.9 Å². The molecule has 0 aliphatic heterocycles. The van der Waals surface area contributed by atoms with Crippen LogP contribution in [0.5, 0.6) is 0 Å². The molecule has 0 atom stereocenters. The van der Waals surface area contributed by atoms with Crippen molar-refractivity contribution in [3.63, 3.8) is 0 Å². The summed E-state index contributed by atoms with van der Waals surface area (Å²) in [5.74, 6) is -2.52. The summed E-state index contributed by atoms with van der Waals surface area (Å²) in [4.78, 5) is 50.1. The van der Waals surface area contributed by atoms with Crippen molar-refractivity contribution >= 4 is 29.3 Å². The molecule has 0 heterocycles. The minimum Gasteiger partial charge on any atom is -0.448 e. The number of carbonyl (C=O) groups is 4. The first-order valence-corrected chi connectivity index (χ1v) is 8.46. The topological polar surface area (TPSA) is 119 Å². The lowest BCUT2D eigenvalue weighted by Crippen LogP contribution is -2.50. The quantitative estimate of drug-likeness (QED) is 0.621. The number of allylic oxidation sites excluding steroid dienone is 1. The fraction of sp³-hybridized carbons (Fsp3) is 0.100. The third-order valence-electron chi connectivity index (χ3n) is 4.06. The van der Waals surface area contributed by atoms with Crippen molar-refractivity contribution in [1.29, 1.82) is 0 Å². The summed E-state index contributed by atoms with van der Waals surface area (Å²) in [7, 11) is 0. The first kappa shape index (κ1) is 18.8. The van der Waals surface area contributed by atoms with Crippen molar-refractivity contribution in [3.05, 3.63) is 77.0 Å². The van der Waals surface area contributed by atoms with E-state index in [2.05, 4.69) is 5.43 Å². The number of rotatable bonds is 3. The molecule has 0 aromatic heterocycles. The molecule has 0 fully saturated rings. The summed E-state index contributed by atoms with van der Waals surface area (Å²) >= 11 is 0. The summed E-state index contributed by atoms with van der Waals surface area (Å²) in [6.07, 6.45) is -1.04. The van der Waals surface area contributed by atoms with Gasteiger partial charge in [0.2, 0.25) is 5.78 Å². The molecular formula is C20H17N3O5. The van der Waals surface area contributed by atoms with E-state index in [-0.39, 0.29) is 23.4 Å². The molecule has 142 valence electrons. The zero-order chi connectivity index (χ0) is 20.3. The van der Waals surface area contributed by atoms with E-state index in [0.29, 0.717) is 10.6 Å². The molecule has 0 spiro atoms. The van der Waals surface area contributed by atoms with Crippen LogP contribution >= 0.6 is 0 Å². The van der Waals surface area contributed by atoms with Gasteiger partial charge in [-0.3, -0.25) is 19.8 Å². The van der Waals surface area contributed by atoms with Gasteiger partial charge in [0.05, 0.1) is 12.3 Å². The number of fused-ring (bicyclic) bond motifs is 1. The molecule has 0 saturated heterocycles. The molecule has 3 rings (SSSR count). The molecule has 2 amide bonds. The second kappa shape index (κ2) is 7.75. The van der Waals surface area contributed by atoms with Crippen LogP contribution in [-0.2, 0) is 9.53 Å². The molecule has 1 aliphatic carbocycles. The average Bonchev–Trinajstić information content (AvgIpc) is 2.72. The minimum atomic E-state index is -1.04. The van der Waals surface area contributed by atoms with Gasteiger partial charge in [-0.15, -0.1) is 0 Å². The fourth-order valence-electron chi connectivity index (χ4n) is 2.75. The number of benzene rings is 2. The molecule has 0 bridgehead atoms. The molecular weight excluding hydrogens is 362 g/mol. The molecule has 8 heteroatoms. The van der Waals surface area contributed by atoms with Gasteiger partial charge >= 0.3 is 6.09 Å². The summed E-state index contributed by atoms with van der Waals surface area (Å²) in [5.41, 5.74) is 8.51. The molecule has 3 N–H and O–H groups in total. The summed E-state index contributed by atoms with van der Waals surface area (Å²) in [5, 5.41) is 0.588. The molecule has 2 aromatic rings. The number of Topliss-reactive ketones (excluding diaryl/α,β-unsaturated/α-hetero) is 2. The van der Waals surface area contributed by atoms with Crippen LogP contribution < -0.4 is 11.2 Å². The average molecular weight is 379 g/mol. The van der Waals surface area contributed by atoms with Crippen LogP contribution in [0.3, 0.4) is 0 Å².